The molecule has 0 radical (unpaired) electrons. The summed E-state index contributed by atoms with van der Waals surface area (Å²) >= 11 is 0. The van der Waals surface area contributed by atoms with Crippen molar-refractivity contribution in [1.29, 1.82) is 0 Å². The van der Waals surface area contributed by atoms with Crippen molar-refractivity contribution in [2.24, 2.45) is 0 Å². The zero-order chi connectivity index (χ0) is 56.8. The van der Waals surface area contributed by atoms with Crippen LogP contribution in [0.1, 0.15) is 81.3 Å². The lowest BCUT2D eigenvalue weighted by molar-refractivity contribution is -0.116. The first kappa shape index (κ1) is 59.7. The zero-order valence-electron chi connectivity index (χ0n) is 48.1. The van der Waals surface area contributed by atoms with Crippen molar-refractivity contribution in [1.82, 2.24) is 44.0 Å². The van der Waals surface area contributed by atoms with Crippen molar-refractivity contribution in [3.05, 3.63) is 130 Å². The number of nitrogens with one attached hydrogen (secondary N) is 1. The Bertz CT molecular complexity index is 3080. The number of hydrogen-bond acceptors (Lipinski definition) is 10. The molecule has 78 heavy (non-hydrogen) atoms. The highest BCUT2D eigenvalue weighted by molar-refractivity contribution is 6.76. The minimum absolute atomic E-state index is 0.0295. The van der Waals surface area contributed by atoms with E-state index < -0.39 is 27.8 Å². The second-order valence-corrected chi connectivity index (χ2v) is 35.1. The molecule has 4 atom stereocenters. The standard InChI is InChI=1S/C31H42FN5O4Si.C28H39FN4O2Si/c1-20-16-37(21(2)15-35(20)17-23-8-10-24(32)11-9-23)31(40)25-14-26-27(28(38)30(39)33-4)18-36(29(26)34-22(25)3)19-41-12-13-42(5,6)7;1-20-17-33(21(2)16-32(20)18-23-7-9-25(29)10-8-23)28(34)26-15-24-11-12-31(27(24)30-22(26)3)19-35-13-14-36(4,5)6/h8-11,14,18,20-21H,12-13,15-17,19H2,1-7H3,(H,33,39);7-12,15,20-21H,13-14,16-19H2,1-6H3/t2*20-,21+/m00/s1. The number of amides is 3. The summed E-state index contributed by atoms with van der Waals surface area (Å²) in [5, 5.41) is 3.80. The summed E-state index contributed by atoms with van der Waals surface area (Å²) in [5.74, 6) is -2.05. The first-order chi connectivity index (χ1) is 36.8. The Kier molecular flexibility index (Phi) is 19.5. The van der Waals surface area contributed by atoms with Gasteiger partial charge in [-0.15, -0.1) is 0 Å². The van der Waals surface area contributed by atoms with Crippen molar-refractivity contribution in [2.75, 3.05) is 46.4 Å². The van der Waals surface area contributed by atoms with Gasteiger partial charge in [0.1, 0.15) is 36.4 Å². The Morgan fingerprint density at radius 1 is 0.603 bits per heavy atom. The third-order valence-electron chi connectivity index (χ3n) is 14.9. The van der Waals surface area contributed by atoms with Gasteiger partial charge in [0, 0.05) is 123 Å². The maximum atomic E-state index is 13.9. The van der Waals surface area contributed by atoms with E-state index in [0.29, 0.717) is 67.4 Å². The number of ether oxygens (including phenoxy) is 2. The predicted octanol–water partition coefficient (Wildman–Crippen LogP) is 9.99. The molecule has 2 aliphatic heterocycles. The van der Waals surface area contributed by atoms with Crippen LogP contribution in [0.4, 0.5) is 8.78 Å². The van der Waals surface area contributed by atoms with Crippen molar-refractivity contribution < 1.29 is 37.4 Å². The summed E-state index contributed by atoms with van der Waals surface area (Å²) in [6, 6.07) is 21.2. The number of nitrogens with zero attached hydrogens (tertiary/aromatic N) is 8. The maximum absolute atomic E-state index is 13.9. The minimum Gasteiger partial charge on any atom is -0.361 e. The second kappa shape index (κ2) is 25.4. The molecule has 3 amide bonds. The molecule has 2 aromatic carbocycles. The van der Waals surface area contributed by atoms with Gasteiger partial charge >= 0.3 is 0 Å². The quantitative estimate of drug-likeness (QED) is 0.0382. The molecule has 420 valence electrons. The van der Waals surface area contributed by atoms with Crippen molar-refractivity contribution in [3.8, 4) is 0 Å². The van der Waals surface area contributed by atoms with Gasteiger partial charge in [0.25, 0.3) is 23.5 Å². The molecule has 8 rings (SSSR count). The number of aryl methyl sites for hydroxylation is 2. The van der Waals surface area contributed by atoms with Crippen LogP contribution in [0.3, 0.4) is 0 Å². The average Bonchev–Trinajstić information content (AvgIpc) is 4.08. The number of likely N-dealkylation sites (N-methyl/N-ethyl adjacent to an activating group) is 1. The van der Waals surface area contributed by atoms with Crippen LogP contribution in [0, 0.1) is 25.5 Å². The van der Waals surface area contributed by atoms with Gasteiger partial charge in [-0.2, -0.15) is 0 Å². The van der Waals surface area contributed by atoms with Gasteiger partial charge in [0.2, 0.25) is 0 Å². The van der Waals surface area contributed by atoms with Crippen LogP contribution in [-0.4, -0.2) is 149 Å². The summed E-state index contributed by atoms with van der Waals surface area (Å²) in [7, 11) is -0.993. The summed E-state index contributed by atoms with van der Waals surface area (Å²) in [4.78, 5) is 70.9. The van der Waals surface area contributed by atoms with Gasteiger partial charge in [-0.3, -0.25) is 29.0 Å². The minimum atomic E-state index is -1.28. The molecule has 0 spiro atoms. The number of carbonyl (C=O) groups is 4. The largest absolute Gasteiger partial charge is 0.361 e. The topological polar surface area (TPSA) is 147 Å². The van der Waals surface area contributed by atoms with Gasteiger partial charge in [0.05, 0.1) is 28.1 Å². The fraction of sp³-hybridized carbons (Fsp3) is 0.492. The van der Waals surface area contributed by atoms with E-state index in [9.17, 15) is 28.0 Å². The van der Waals surface area contributed by atoms with Gasteiger partial charge in [-0.25, -0.2) is 18.7 Å². The lowest BCUT2D eigenvalue weighted by atomic mass is 10.0. The summed E-state index contributed by atoms with van der Waals surface area (Å²) in [6.07, 6.45) is 3.58. The highest BCUT2D eigenvalue weighted by atomic mass is 28.3. The van der Waals surface area contributed by atoms with E-state index in [2.05, 4.69) is 75.2 Å². The number of carbonyl (C=O) groups excluding carboxylic acids is 4. The van der Waals surface area contributed by atoms with Crippen LogP contribution in [0.15, 0.2) is 79.1 Å². The molecule has 0 saturated carbocycles. The number of Topliss-reactive ketones (excluding diaryl/α,β-unsaturated/α-hetero) is 1. The van der Waals surface area contributed by atoms with Gasteiger partial charge in [0.15, 0.2) is 0 Å². The number of fused-ring (bicyclic) bond motifs is 2. The van der Waals surface area contributed by atoms with E-state index >= 15 is 0 Å². The van der Waals surface area contributed by atoms with E-state index in [1.807, 2.05) is 58.7 Å². The molecule has 15 nitrogen and oxygen atoms in total. The van der Waals surface area contributed by atoms with E-state index in [0.717, 1.165) is 59.6 Å². The van der Waals surface area contributed by atoms with E-state index in [1.165, 1.54) is 31.3 Å². The normalized spacial score (nSPS) is 18.6. The van der Waals surface area contributed by atoms with E-state index in [4.69, 9.17) is 19.4 Å². The Labute approximate surface area is 461 Å². The van der Waals surface area contributed by atoms with Gasteiger partial charge in [-0.05, 0) is 107 Å². The molecule has 2 saturated heterocycles. The number of ketones is 1. The summed E-state index contributed by atoms with van der Waals surface area (Å²) < 4.78 is 42.2. The highest BCUT2D eigenvalue weighted by Crippen LogP contribution is 2.29. The number of hydrogen-bond donors (Lipinski definition) is 1. The zero-order valence-corrected chi connectivity index (χ0v) is 50.1. The van der Waals surface area contributed by atoms with E-state index in [1.54, 1.807) is 35.9 Å². The molecule has 6 heterocycles. The average molecular weight is 1110 g/mol. The summed E-state index contributed by atoms with van der Waals surface area (Å²) in [6.45, 7) is 31.9. The first-order valence-electron chi connectivity index (χ1n) is 27.3. The van der Waals surface area contributed by atoms with Crippen molar-refractivity contribution >= 4 is 61.7 Å². The molecule has 4 aromatic heterocycles. The maximum Gasteiger partial charge on any atom is 0.292 e. The van der Waals surface area contributed by atoms with Crippen LogP contribution in [0.2, 0.25) is 51.4 Å². The van der Waals surface area contributed by atoms with Crippen LogP contribution >= 0.6 is 0 Å². The smallest absolute Gasteiger partial charge is 0.292 e. The highest BCUT2D eigenvalue weighted by Gasteiger charge is 2.36. The van der Waals surface area contributed by atoms with Crippen LogP contribution < -0.4 is 5.32 Å². The molecule has 6 aromatic rings. The Hall–Kier alpha value is -5.97. The fourth-order valence-electron chi connectivity index (χ4n) is 9.99. The van der Waals surface area contributed by atoms with Crippen LogP contribution in [0.5, 0.6) is 0 Å². The fourth-order valence-corrected chi connectivity index (χ4v) is 11.5. The lowest BCUT2D eigenvalue weighted by Gasteiger charge is -2.44. The summed E-state index contributed by atoms with van der Waals surface area (Å²) in [5.41, 5.74) is 5.97. The number of piperazine rings is 2. The molecular formula is C59H81F2N9O6Si2. The van der Waals surface area contributed by atoms with Gasteiger partial charge < -0.3 is 33.7 Å². The molecule has 1 N–H and O–H groups in total. The van der Waals surface area contributed by atoms with Crippen molar-refractivity contribution in [3.63, 3.8) is 0 Å². The van der Waals surface area contributed by atoms with Crippen LogP contribution in [0.25, 0.3) is 22.1 Å². The molecule has 19 heteroatoms. The second-order valence-electron chi connectivity index (χ2n) is 23.9. The molecule has 2 aliphatic rings. The third-order valence-corrected chi connectivity index (χ3v) is 18.3. The molecule has 2 fully saturated rings. The molecule has 0 aliphatic carbocycles. The Morgan fingerprint density at radius 3 is 1.51 bits per heavy atom. The lowest BCUT2D eigenvalue weighted by Crippen LogP contribution is -2.57. The number of halogens is 2. The Balaban J connectivity index is 0.000000229. The Morgan fingerprint density at radius 2 is 1.05 bits per heavy atom. The first-order valence-corrected chi connectivity index (χ1v) is 34.7. The monoisotopic (exact) mass is 1110 g/mol. The molecular weight excluding hydrogens is 1020 g/mol. The van der Waals surface area contributed by atoms with Crippen molar-refractivity contribution in [2.45, 2.75) is 144 Å². The SMILES string of the molecule is CNC(=O)C(=O)c1cn(COCC[Si](C)(C)C)c2nc(C)c(C(=O)N3C[C@H](C)N(Cc4ccc(F)cc4)C[C@H]3C)cc12.Cc1nc2c(ccn2COCC[Si](C)(C)C)cc1C(=O)N1C[C@H](C)N(Cc2ccc(F)cc2)C[C@H]1C. The molecule has 0 unspecified atom stereocenters. The number of pyridine rings is 2. The third kappa shape index (κ3) is 15.0. The number of benzene rings is 2. The molecule has 0 bridgehead atoms. The van der Waals surface area contributed by atoms with Crippen LogP contribution in [-0.2, 0) is 40.8 Å². The number of aromatic nitrogens is 4. The van der Waals surface area contributed by atoms with Gasteiger partial charge in [-0.1, -0.05) is 63.5 Å². The predicted molar refractivity (Wildman–Crippen MR) is 309 cm³/mol. The van der Waals surface area contributed by atoms with E-state index in [-0.39, 0.29) is 59.9 Å². The number of rotatable bonds is 18.